The van der Waals surface area contributed by atoms with Crippen LogP contribution in [-0.4, -0.2) is 34.5 Å². The highest BCUT2D eigenvalue weighted by Crippen LogP contribution is 2.43. The van der Waals surface area contributed by atoms with Crippen molar-refractivity contribution in [3.63, 3.8) is 0 Å². The largest absolute Gasteiger partial charge is 0.354 e. The summed E-state index contributed by atoms with van der Waals surface area (Å²) >= 11 is 0. The summed E-state index contributed by atoms with van der Waals surface area (Å²) < 4.78 is 27.7. The number of benzene rings is 1. The van der Waals surface area contributed by atoms with Crippen LogP contribution in [0.1, 0.15) is 12.8 Å². The molecule has 1 saturated carbocycles. The van der Waals surface area contributed by atoms with Crippen LogP contribution in [0.25, 0.3) is 0 Å². The maximum absolute atomic E-state index is 12.5. The summed E-state index contributed by atoms with van der Waals surface area (Å²) in [6.45, 7) is 0.559. The predicted molar refractivity (Wildman–Crippen MR) is 93.0 cm³/mol. The molecule has 7 heteroatoms. The first-order valence-electron chi connectivity index (χ1n) is 8.30. The lowest BCUT2D eigenvalue weighted by atomic mass is 9.93. The number of rotatable bonds is 4. The predicted octanol–water partition coefficient (Wildman–Crippen LogP) is 1.52. The molecule has 4 rings (SSSR count). The van der Waals surface area contributed by atoms with Gasteiger partial charge >= 0.3 is 10.2 Å². The van der Waals surface area contributed by atoms with E-state index in [1.807, 2.05) is 12.1 Å². The van der Waals surface area contributed by atoms with Crippen molar-refractivity contribution in [3.05, 3.63) is 36.4 Å². The Hall–Kier alpha value is -2.02. The minimum Gasteiger partial charge on any atom is -0.354 e. The molecule has 1 heterocycles. The molecular formula is C17H21N3O3S. The Kier molecular flexibility index (Phi) is 3.56. The van der Waals surface area contributed by atoms with Crippen LogP contribution < -0.4 is 13.9 Å². The molecule has 24 heavy (non-hydrogen) atoms. The van der Waals surface area contributed by atoms with Crippen molar-refractivity contribution in [1.82, 2.24) is 5.32 Å². The van der Waals surface area contributed by atoms with Crippen LogP contribution in [0.5, 0.6) is 0 Å². The number of amides is 1. The van der Waals surface area contributed by atoms with Crippen LogP contribution in [0.15, 0.2) is 36.4 Å². The summed E-state index contributed by atoms with van der Waals surface area (Å²) in [4.78, 5) is 12.4. The van der Waals surface area contributed by atoms with Gasteiger partial charge in [-0.25, -0.2) is 4.31 Å². The van der Waals surface area contributed by atoms with Gasteiger partial charge in [0.05, 0.1) is 17.9 Å². The second-order valence-electron chi connectivity index (χ2n) is 6.71. The van der Waals surface area contributed by atoms with Crippen molar-refractivity contribution >= 4 is 27.5 Å². The second-order valence-corrected chi connectivity index (χ2v) is 8.60. The molecule has 3 atom stereocenters. The van der Waals surface area contributed by atoms with Gasteiger partial charge in [-0.3, -0.25) is 9.10 Å². The Balaban J connectivity index is 1.41. The Morgan fingerprint density at radius 2 is 1.96 bits per heavy atom. The number of para-hydroxylation sites is 2. The Labute approximate surface area is 142 Å². The average molecular weight is 347 g/mol. The van der Waals surface area contributed by atoms with Crippen molar-refractivity contribution in [2.45, 2.75) is 12.8 Å². The van der Waals surface area contributed by atoms with Crippen molar-refractivity contribution in [2.24, 2.45) is 17.8 Å². The molecule has 3 aliphatic rings. The third kappa shape index (κ3) is 2.30. The minimum absolute atomic E-state index is 0.0464. The van der Waals surface area contributed by atoms with Crippen LogP contribution in [0, 0.1) is 17.8 Å². The van der Waals surface area contributed by atoms with E-state index in [-0.39, 0.29) is 18.4 Å². The number of anilines is 2. The van der Waals surface area contributed by atoms with Crippen molar-refractivity contribution in [1.29, 1.82) is 0 Å². The molecule has 0 aromatic heterocycles. The summed E-state index contributed by atoms with van der Waals surface area (Å²) in [5, 5.41) is 2.92. The first-order valence-corrected chi connectivity index (χ1v) is 9.70. The fourth-order valence-corrected chi connectivity index (χ4v) is 5.49. The molecule has 128 valence electrons. The number of hydrogen-bond acceptors (Lipinski definition) is 3. The normalized spacial score (nSPS) is 29.1. The van der Waals surface area contributed by atoms with Crippen molar-refractivity contribution in [2.75, 3.05) is 28.7 Å². The quantitative estimate of drug-likeness (QED) is 0.840. The standard InChI is InChI=1S/C17H21N3O3S/c1-19-15-4-2-3-5-16(15)20(24(19,22)23)9-8-18-17(21)14-11-12-6-7-13(14)10-12/h2-7,12-14H,8-11H2,1H3,(H,18,21). The molecular weight excluding hydrogens is 326 g/mol. The van der Waals surface area contributed by atoms with E-state index in [1.165, 1.54) is 8.61 Å². The van der Waals surface area contributed by atoms with Crippen LogP contribution in [0.3, 0.4) is 0 Å². The lowest BCUT2D eigenvalue weighted by molar-refractivity contribution is -0.125. The number of carbonyl (C=O) groups is 1. The molecule has 1 fully saturated rings. The van der Waals surface area contributed by atoms with Crippen LogP contribution in [-0.2, 0) is 15.0 Å². The van der Waals surface area contributed by atoms with Gasteiger partial charge in [0.1, 0.15) is 0 Å². The molecule has 1 aromatic carbocycles. The van der Waals surface area contributed by atoms with Gasteiger partial charge in [-0.2, -0.15) is 8.42 Å². The summed E-state index contributed by atoms with van der Waals surface area (Å²) in [6.07, 6.45) is 6.35. The first-order chi connectivity index (χ1) is 11.5. The third-order valence-corrected chi connectivity index (χ3v) is 7.17. The zero-order valence-electron chi connectivity index (χ0n) is 13.6. The third-order valence-electron chi connectivity index (χ3n) is 5.34. The molecule has 1 aliphatic heterocycles. The molecule has 2 aliphatic carbocycles. The van der Waals surface area contributed by atoms with Gasteiger partial charge < -0.3 is 5.32 Å². The molecule has 6 nitrogen and oxygen atoms in total. The zero-order valence-corrected chi connectivity index (χ0v) is 14.4. The Morgan fingerprint density at radius 3 is 2.62 bits per heavy atom. The zero-order chi connectivity index (χ0) is 16.9. The van der Waals surface area contributed by atoms with Gasteiger partial charge in [-0.15, -0.1) is 0 Å². The van der Waals surface area contributed by atoms with E-state index in [0.29, 0.717) is 29.8 Å². The van der Waals surface area contributed by atoms with Crippen molar-refractivity contribution in [3.8, 4) is 0 Å². The molecule has 1 N–H and O–H groups in total. The second kappa shape index (κ2) is 5.51. The smallest absolute Gasteiger partial charge is 0.326 e. The average Bonchev–Trinajstić information content (AvgIpc) is 3.24. The molecule has 2 bridgehead atoms. The number of nitrogens with one attached hydrogen (secondary N) is 1. The van der Waals surface area contributed by atoms with Crippen molar-refractivity contribution < 1.29 is 13.2 Å². The van der Waals surface area contributed by atoms with Crippen LogP contribution >= 0.6 is 0 Å². The highest BCUT2D eigenvalue weighted by molar-refractivity contribution is 7.94. The van der Waals surface area contributed by atoms with Gasteiger partial charge in [0.15, 0.2) is 0 Å². The number of fused-ring (bicyclic) bond motifs is 3. The molecule has 0 saturated heterocycles. The topological polar surface area (TPSA) is 69.7 Å². The molecule has 3 unspecified atom stereocenters. The minimum atomic E-state index is -3.55. The Bertz CT molecular complexity index is 805. The van der Waals surface area contributed by atoms with E-state index in [0.717, 1.165) is 12.8 Å². The molecule has 1 aromatic rings. The van der Waals surface area contributed by atoms with E-state index < -0.39 is 10.2 Å². The lowest BCUT2D eigenvalue weighted by Crippen LogP contribution is -2.42. The number of hydrogen-bond donors (Lipinski definition) is 1. The van der Waals surface area contributed by atoms with E-state index in [1.54, 1.807) is 19.2 Å². The van der Waals surface area contributed by atoms with Gasteiger partial charge in [0, 0.05) is 19.5 Å². The van der Waals surface area contributed by atoms with E-state index in [9.17, 15) is 13.2 Å². The molecule has 0 spiro atoms. The van der Waals surface area contributed by atoms with Crippen LogP contribution in [0.4, 0.5) is 11.4 Å². The van der Waals surface area contributed by atoms with E-state index >= 15 is 0 Å². The first kappa shape index (κ1) is 15.5. The van der Waals surface area contributed by atoms with Gasteiger partial charge in [0.25, 0.3) is 0 Å². The highest BCUT2D eigenvalue weighted by Gasteiger charge is 2.40. The maximum Gasteiger partial charge on any atom is 0.326 e. The fraction of sp³-hybridized carbons (Fsp3) is 0.471. The highest BCUT2D eigenvalue weighted by atomic mass is 32.2. The fourth-order valence-electron chi connectivity index (χ4n) is 4.07. The Morgan fingerprint density at radius 1 is 1.21 bits per heavy atom. The molecule has 1 amide bonds. The summed E-state index contributed by atoms with van der Waals surface area (Å²) in [5.41, 5.74) is 1.33. The number of allylic oxidation sites excluding steroid dienone is 2. The summed E-state index contributed by atoms with van der Waals surface area (Å²) in [6, 6.07) is 7.21. The van der Waals surface area contributed by atoms with Crippen LogP contribution in [0.2, 0.25) is 0 Å². The van der Waals surface area contributed by atoms with E-state index in [4.69, 9.17) is 0 Å². The van der Waals surface area contributed by atoms with Gasteiger partial charge in [-0.1, -0.05) is 24.3 Å². The number of nitrogens with zero attached hydrogens (tertiary/aromatic N) is 2. The summed E-state index contributed by atoms with van der Waals surface area (Å²) in [7, 11) is -2.00. The SMILES string of the molecule is CN1c2ccccc2N(CCNC(=O)C2CC3C=CC2C3)S1(=O)=O. The maximum atomic E-state index is 12.5. The lowest BCUT2D eigenvalue weighted by Gasteiger charge is -2.21. The molecule has 0 radical (unpaired) electrons. The summed E-state index contributed by atoms with van der Waals surface area (Å²) in [5.74, 6) is 0.998. The van der Waals surface area contributed by atoms with E-state index in [2.05, 4.69) is 17.5 Å². The monoisotopic (exact) mass is 347 g/mol. The number of carbonyl (C=O) groups excluding carboxylic acids is 1. The van der Waals surface area contributed by atoms with Gasteiger partial charge in [-0.05, 0) is 36.8 Å². The van der Waals surface area contributed by atoms with Gasteiger partial charge in [0.2, 0.25) is 5.91 Å².